The summed E-state index contributed by atoms with van der Waals surface area (Å²) in [6.07, 6.45) is 1.41. The van der Waals surface area contributed by atoms with E-state index in [1.165, 1.54) is 19.5 Å². The van der Waals surface area contributed by atoms with Crippen molar-refractivity contribution in [2.24, 2.45) is 0 Å². The monoisotopic (exact) mass is 154 g/mol. The molecule has 64 valence electrons. The van der Waals surface area contributed by atoms with Gasteiger partial charge in [0.1, 0.15) is 0 Å². The van der Waals surface area contributed by atoms with Crippen LogP contribution in [0.2, 0.25) is 0 Å². The molecule has 0 aromatic heterocycles. The van der Waals surface area contributed by atoms with Crippen molar-refractivity contribution in [1.82, 2.24) is 10.2 Å². The lowest BCUT2D eigenvalue weighted by Crippen LogP contribution is -2.69. The number of nitrogens with one attached hydrogen (secondary N) is 1. The second-order valence-corrected chi connectivity index (χ2v) is 4.87. The largest absolute Gasteiger partial charge is 0.309 e. The topological polar surface area (TPSA) is 15.3 Å². The average Bonchev–Trinajstić information content (AvgIpc) is 1.84. The highest BCUT2D eigenvalue weighted by molar-refractivity contribution is 5.00. The maximum absolute atomic E-state index is 3.54. The quantitative estimate of drug-likeness (QED) is 0.556. The number of hydrogen-bond acceptors (Lipinski definition) is 2. The van der Waals surface area contributed by atoms with Crippen LogP contribution in [0, 0.1) is 0 Å². The molecule has 2 heteroatoms. The van der Waals surface area contributed by atoms with Gasteiger partial charge in [-0.25, -0.2) is 0 Å². The van der Waals surface area contributed by atoms with Crippen molar-refractivity contribution in [2.75, 3.05) is 13.1 Å². The number of hydrogen-bond donors (Lipinski definition) is 1. The summed E-state index contributed by atoms with van der Waals surface area (Å²) in [4.78, 5) is 2.59. The molecule has 0 radical (unpaired) electrons. The van der Waals surface area contributed by atoms with Crippen LogP contribution in [-0.4, -0.2) is 35.6 Å². The van der Waals surface area contributed by atoms with Crippen LogP contribution in [-0.2, 0) is 0 Å². The van der Waals surface area contributed by atoms with E-state index in [-0.39, 0.29) is 0 Å². The minimum atomic E-state index is 0.374. The summed E-state index contributed by atoms with van der Waals surface area (Å²) >= 11 is 0. The van der Waals surface area contributed by atoms with E-state index in [4.69, 9.17) is 0 Å². The van der Waals surface area contributed by atoms with Crippen LogP contribution in [0.15, 0.2) is 0 Å². The van der Waals surface area contributed by atoms with Gasteiger partial charge in [0, 0.05) is 30.7 Å². The summed E-state index contributed by atoms with van der Waals surface area (Å²) in [6, 6.07) is 1.60. The van der Waals surface area contributed by atoms with Gasteiger partial charge in [0.05, 0.1) is 0 Å². The lowest BCUT2D eigenvalue weighted by Gasteiger charge is -2.52. The van der Waals surface area contributed by atoms with Crippen molar-refractivity contribution in [1.29, 1.82) is 0 Å². The summed E-state index contributed by atoms with van der Waals surface area (Å²) in [6.45, 7) is 9.41. The molecule has 3 aliphatic heterocycles. The fourth-order valence-corrected chi connectivity index (χ4v) is 2.06. The molecule has 0 spiro atoms. The average molecular weight is 154 g/mol. The fraction of sp³-hybridized carbons (Fsp3) is 1.00. The summed E-state index contributed by atoms with van der Waals surface area (Å²) < 4.78 is 0. The lowest BCUT2D eigenvalue weighted by molar-refractivity contribution is 0.0167. The van der Waals surface area contributed by atoms with Gasteiger partial charge in [0.25, 0.3) is 0 Å². The highest BCUT2D eigenvalue weighted by Gasteiger charge is 2.39. The third-order valence-electron chi connectivity index (χ3n) is 2.87. The predicted molar refractivity (Wildman–Crippen MR) is 46.7 cm³/mol. The van der Waals surface area contributed by atoms with E-state index in [0.29, 0.717) is 5.54 Å². The van der Waals surface area contributed by atoms with E-state index in [1.807, 2.05) is 0 Å². The van der Waals surface area contributed by atoms with E-state index in [1.54, 1.807) is 0 Å². The van der Waals surface area contributed by atoms with Crippen LogP contribution in [0.25, 0.3) is 0 Å². The third kappa shape index (κ3) is 1.30. The molecule has 3 heterocycles. The Hall–Kier alpha value is -0.0800. The molecular weight excluding hydrogens is 136 g/mol. The summed E-state index contributed by atoms with van der Waals surface area (Å²) in [5.41, 5.74) is 0.374. The first-order valence-corrected chi connectivity index (χ1v) is 4.57. The second-order valence-electron chi connectivity index (χ2n) is 4.87. The van der Waals surface area contributed by atoms with Crippen molar-refractivity contribution in [3.63, 3.8) is 0 Å². The van der Waals surface area contributed by atoms with E-state index in [9.17, 15) is 0 Å². The highest BCUT2D eigenvalue weighted by atomic mass is 15.3. The van der Waals surface area contributed by atoms with Gasteiger partial charge < -0.3 is 5.32 Å². The summed E-state index contributed by atoms with van der Waals surface area (Å²) in [7, 11) is 0. The fourth-order valence-electron chi connectivity index (χ4n) is 2.06. The summed E-state index contributed by atoms with van der Waals surface area (Å²) in [5.74, 6) is 0. The number of nitrogens with zero attached hydrogens (tertiary/aromatic N) is 1. The molecule has 11 heavy (non-hydrogen) atoms. The molecular formula is C9H18N2. The zero-order chi connectivity index (χ0) is 8.06. The van der Waals surface area contributed by atoms with E-state index in [0.717, 1.165) is 12.1 Å². The molecule has 2 bridgehead atoms. The molecule has 2 unspecified atom stereocenters. The van der Waals surface area contributed by atoms with Crippen molar-refractivity contribution in [2.45, 2.75) is 44.8 Å². The predicted octanol–water partition coefficient (Wildman–Crippen LogP) is 0.831. The molecule has 3 aliphatic rings. The minimum Gasteiger partial charge on any atom is -0.309 e. The highest BCUT2D eigenvalue weighted by Crippen LogP contribution is 2.26. The Morgan fingerprint density at radius 3 is 1.91 bits per heavy atom. The Labute approximate surface area is 69.0 Å². The number of fused-ring (bicyclic) bond motifs is 2. The molecule has 0 aromatic rings. The molecule has 0 amide bonds. The van der Waals surface area contributed by atoms with Crippen LogP contribution in [0.1, 0.15) is 27.2 Å². The molecule has 0 saturated carbocycles. The second kappa shape index (κ2) is 2.20. The number of rotatable bonds is 0. The Morgan fingerprint density at radius 2 is 1.64 bits per heavy atom. The summed E-state index contributed by atoms with van der Waals surface area (Å²) in [5, 5.41) is 3.54. The van der Waals surface area contributed by atoms with Crippen LogP contribution >= 0.6 is 0 Å². The molecule has 3 fully saturated rings. The Morgan fingerprint density at radius 1 is 1.18 bits per heavy atom. The first kappa shape index (κ1) is 7.56. The maximum atomic E-state index is 3.54. The smallest absolute Gasteiger partial charge is 0.0213 e. The van der Waals surface area contributed by atoms with Gasteiger partial charge in [-0.2, -0.15) is 0 Å². The van der Waals surface area contributed by atoms with Crippen LogP contribution < -0.4 is 5.32 Å². The number of piperidine rings is 1. The molecule has 3 saturated heterocycles. The van der Waals surface area contributed by atoms with Crippen molar-refractivity contribution in [3.8, 4) is 0 Å². The maximum Gasteiger partial charge on any atom is 0.0213 e. The van der Waals surface area contributed by atoms with Crippen molar-refractivity contribution < 1.29 is 0 Å². The molecule has 3 rings (SSSR count). The Bertz CT molecular complexity index is 143. The SMILES string of the molecule is CC(C)(C)N1CC2CC(C1)N2. The Kier molecular flexibility index (Phi) is 1.52. The molecule has 1 N–H and O–H groups in total. The lowest BCUT2D eigenvalue weighted by atomic mass is 9.88. The van der Waals surface area contributed by atoms with Crippen molar-refractivity contribution >= 4 is 0 Å². The van der Waals surface area contributed by atoms with Gasteiger partial charge >= 0.3 is 0 Å². The zero-order valence-corrected chi connectivity index (χ0v) is 7.72. The first-order chi connectivity index (χ1) is 5.05. The molecule has 2 atom stereocenters. The standard InChI is InChI=1S/C9H18N2/c1-9(2,3)11-5-7-4-8(6-11)10-7/h7-8,10H,4-6H2,1-3H3. The molecule has 0 aliphatic carbocycles. The van der Waals surface area contributed by atoms with E-state index >= 15 is 0 Å². The number of piperazine rings is 1. The van der Waals surface area contributed by atoms with Gasteiger partial charge in [-0.15, -0.1) is 0 Å². The zero-order valence-electron chi connectivity index (χ0n) is 7.72. The van der Waals surface area contributed by atoms with Gasteiger partial charge in [-0.1, -0.05) is 0 Å². The molecule has 2 nitrogen and oxygen atoms in total. The molecule has 0 aromatic carbocycles. The normalized spacial score (nSPS) is 38.5. The van der Waals surface area contributed by atoms with E-state index in [2.05, 4.69) is 31.0 Å². The van der Waals surface area contributed by atoms with Gasteiger partial charge in [0.15, 0.2) is 0 Å². The van der Waals surface area contributed by atoms with Gasteiger partial charge in [-0.05, 0) is 27.2 Å². The Balaban J connectivity index is 1.97. The van der Waals surface area contributed by atoms with Crippen LogP contribution in [0.4, 0.5) is 0 Å². The minimum absolute atomic E-state index is 0.374. The third-order valence-corrected chi connectivity index (χ3v) is 2.87. The van der Waals surface area contributed by atoms with Gasteiger partial charge in [-0.3, -0.25) is 4.90 Å². The van der Waals surface area contributed by atoms with Crippen LogP contribution in [0.3, 0.4) is 0 Å². The van der Waals surface area contributed by atoms with Crippen LogP contribution in [0.5, 0.6) is 0 Å². The van der Waals surface area contributed by atoms with Crippen molar-refractivity contribution in [3.05, 3.63) is 0 Å². The van der Waals surface area contributed by atoms with Gasteiger partial charge in [0.2, 0.25) is 0 Å². The first-order valence-electron chi connectivity index (χ1n) is 4.57. The van der Waals surface area contributed by atoms with E-state index < -0.39 is 0 Å².